The van der Waals surface area contributed by atoms with E-state index in [9.17, 15) is 24.5 Å². The van der Waals surface area contributed by atoms with Crippen LogP contribution in [0.4, 0.5) is 17.1 Å². The summed E-state index contributed by atoms with van der Waals surface area (Å²) in [6, 6.07) is 9.27. The van der Waals surface area contributed by atoms with Crippen LogP contribution >= 0.6 is 11.6 Å². The number of carbonyl (C=O) groups is 3. The SMILES string of the molecule is Cc1c(N2C(=O)[C@@H]3[C@@H]4CCCN4[C@@]4(C(=O)Nc5c(Cl)cccc54)[C@H]3C2=O)cccc1[N+](=O)[O-]. The molecular formula is C23H19ClN4O5. The molecule has 0 bridgehead atoms. The van der Waals surface area contributed by atoms with Gasteiger partial charge in [-0.05, 0) is 38.4 Å². The second-order valence-electron chi connectivity index (χ2n) is 8.98. The van der Waals surface area contributed by atoms with Gasteiger partial charge < -0.3 is 5.32 Å². The highest BCUT2D eigenvalue weighted by molar-refractivity contribution is 6.35. The van der Waals surface area contributed by atoms with Crippen molar-refractivity contribution >= 4 is 46.4 Å². The number of para-hydroxylation sites is 1. The van der Waals surface area contributed by atoms with Gasteiger partial charge in [-0.15, -0.1) is 0 Å². The number of hydrogen-bond acceptors (Lipinski definition) is 6. The molecule has 0 unspecified atom stereocenters. The molecule has 4 aliphatic heterocycles. The van der Waals surface area contributed by atoms with Crippen LogP contribution in [0.15, 0.2) is 36.4 Å². The van der Waals surface area contributed by atoms with E-state index >= 15 is 0 Å². The minimum Gasteiger partial charge on any atom is -0.323 e. The lowest BCUT2D eigenvalue weighted by atomic mass is 9.75. The average Bonchev–Trinajstić information content (AvgIpc) is 3.48. The molecule has 2 aromatic carbocycles. The first-order valence-electron chi connectivity index (χ1n) is 10.8. The predicted molar refractivity (Wildman–Crippen MR) is 119 cm³/mol. The molecule has 2 aromatic rings. The van der Waals surface area contributed by atoms with Gasteiger partial charge in [0.15, 0.2) is 0 Å². The highest BCUT2D eigenvalue weighted by Crippen LogP contribution is 2.61. The third-order valence-corrected chi connectivity index (χ3v) is 8.01. The number of nitrogens with zero attached hydrogens (tertiary/aromatic N) is 3. The van der Waals surface area contributed by atoms with Crippen molar-refractivity contribution in [2.75, 3.05) is 16.8 Å². The van der Waals surface area contributed by atoms with Gasteiger partial charge in [0, 0.05) is 17.7 Å². The first kappa shape index (κ1) is 20.3. The van der Waals surface area contributed by atoms with Crippen molar-refractivity contribution in [2.45, 2.75) is 31.3 Å². The molecule has 0 radical (unpaired) electrons. The molecule has 9 nitrogen and oxygen atoms in total. The van der Waals surface area contributed by atoms with Crippen LogP contribution in [0.2, 0.25) is 5.02 Å². The number of amides is 3. The van der Waals surface area contributed by atoms with Crippen LogP contribution in [0.5, 0.6) is 0 Å². The number of nitro benzene ring substituents is 1. The Morgan fingerprint density at radius 3 is 2.67 bits per heavy atom. The van der Waals surface area contributed by atoms with Crippen molar-refractivity contribution in [3.8, 4) is 0 Å². The molecule has 0 saturated carbocycles. The molecule has 6 rings (SSSR count). The number of benzene rings is 2. The monoisotopic (exact) mass is 466 g/mol. The maximum absolute atomic E-state index is 14.0. The molecule has 4 aliphatic rings. The maximum atomic E-state index is 14.0. The Bertz CT molecular complexity index is 1300. The Morgan fingerprint density at radius 1 is 1.15 bits per heavy atom. The zero-order chi connectivity index (χ0) is 23.2. The molecule has 33 heavy (non-hydrogen) atoms. The molecule has 3 saturated heterocycles. The minimum absolute atomic E-state index is 0.168. The highest BCUT2D eigenvalue weighted by Gasteiger charge is 2.74. The van der Waals surface area contributed by atoms with Crippen molar-refractivity contribution in [1.29, 1.82) is 0 Å². The maximum Gasteiger partial charge on any atom is 0.274 e. The Labute approximate surface area is 193 Å². The summed E-state index contributed by atoms with van der Waals surface area (Å²) in [4.78, 5) is 55.3. The van der Waals surface area contributed by atoms with Crippen LogP contribution in [0.3, 0.4) is 0 Å². The van der Waals surface area contributed by atoms with Gasteiger partial charge in [0.25, 0.3) is 11.6 Å². The van der Waals surface area contributed by atoms with Gasteiger partial charge in [-0.25, -0.2) is 4.90 Å². The van der Waals surface area contributed by atoms with Crippen molar-refractivity contribution in [2.24, 2.45) is 11.8 Å². The quantitative estimate of drug-likeness (QED) is 0.413. The molecule has 3 fully saturated rings. The number of rotatable bonds is 2. The number of nitro groups is 1. The second-order valence-corrected chi connectivity index (χ2v) is 9.39. The fourth-order valence-electron chi connectivity index (χ4n) is 6.48. The van der Waals surface area contributed by atoms with Gasteiger partial charge in [0.1, 0.15) is 5.54 Å². The third kappa shape index (κ3) is 2.28. The fourth-order valence-corrected chi connectivity index (χ4v) is 6.71. The first-order valence-corrected chi connectivity index (χ1v) is 11.2. The van der Waals surface area contributed by atoms with E-state index < -0.39 is 34.1 Å². The normalized spacial score (nSPS) is 30.1. The lowest BCUT2D eigenvalue weighted by Gasteiger charge is -2.36. The van der Waals surface area contributed by atoms with E-state index in [2.05, 4.69) is 5.32 Å². The Kier molecular flexibility index (Phi) is 4.07. The molecule has 168 valence electrons. The molecule has 3 amide bonds. The molecule has 0 aromatic heterocycles. The predicted octanol–water partition coefficient (Wildman–Crippen LogP) is 2.99. The van der Waals surface area contributed by atoms with E-state index in [4.69, 9.17) is 11.6 Å². The third-order valence-electron chi connectivity index (χ3n) is 7.69. The van der Waals surface area contributed by atoms with Gasteiger partial charge in [0.2, 0.25) is 11.8 Å². The lowest BCUT2D eigenvalue weighted by molar-refractivity contribution is -0.385. The van der Waals surface area contributed by atoms with Gasteiger partial charge in [0.05, 0.1) is 38.7 Å². The number of halogens is 1. The average molecular weight is 467 g/mol. The van der Waals surface area contributed by atoms with E-state index in [1.165, 1.54) is 25.1 Å². The number of hydrogen-bond donors (Lipinski definition) is 1. The topological polar surface area (TPSA) is 113 Å². The molecule has 4 atom stereocenters. The smallest absolute Gasteiger partial charge is 0.274 e. The summed E-state index contributed by atoms with van der Waals surface area (Å²) in [5.74, 6) is -2.93. The van der Waals surface area contributed by atoms with E-state index in [-0.39, 0.29) is 28.9 Å². The molecule has 0 aliphatic carbocycles. The molecule has 1 spiro atoms. The zero-order valence-corrected chi connectivity index (χ0v) is 18.3. The van der Waals surface area contributed by atoms with Crippen LogP contribution in [-0.2, 0) is 19.9 Å². The van der Waals surface area contributed by atoms with Crippen LogP contribution in [0.25, 0.3) is 0 Å². The van der Waals surface area contributed by atoms with Gasteiger partial charge in [-0.1, -0.05) is 29.8 Å². The van der Waals surface area contributed by atoms with Crippen molar-refractivity contribution in [3.05, 3.63) is 62.7 Å². The van der Waals surface area contributed by atoms with Crippen LogP contribution in [-0.4, -0.2) is 40.1 Å². The minimum atomic E-state index is -1.33. The van der Waals surface area contributed by atoms with Gasteiger partial charge in [-0.2, -0.15) is 0 Å². The number of anilines is 2. The molecule has 1 N–H and O–H groups in total. The van der Waals surface area contributed by atoms with E-state index in [1.54, 1.807) is 18.2 Å². The molecular weight excluding hydrogens is 448 g/mol. The Hall–Kier alpha value is -3.30. The van der Waals surface area contributed by atoms with Crippen molar-refractivity contribution < 1.29 is 19.3 Å². The second kappa shape index (κ2) is 6.61. The summed E-state index contributed by atoms with van der Waals surface area (Å²) in [5.41, 5.74) is 0.0122. The highest BCUT2D eigenvalue weighted by atomic mass is 35.5. The molecule has 4 heterocycles. The summed E-state index contributed by atoms with van der Waals surface area (Å²) in [7, 11) is 0. The summed E-state index contributed by atoms with van der Waals surface area (Å²) < 4.78 is 0. The summed E-state index contributed by atoms with van der Waals surface area (Å²) in [6.07, 6.45) is 1.49. The van der Waals surface area contributed by atoms with Crippen molar-refractivity contribution in [1.82, 2.24) is 4.90 Å². The summed E-state index contributed by atoms with van der Waals surface area (Å²) >= 11 is 6.38. The van der Waals surface area contributed by atoms with Crippen LogP contribution in [0.1, 0.15) is 24.0 Å². The van der Waals surface area contributed by atoms with E-state index in [0.717, 1.165) is 11.3 Å². The van der Waals surface area contributed by atoms with Crippen LogP contribution < -0.4 is 10.2 Å². The fraction of sp³-hybridized carbons (Fsp3) is 0.348. The van der Waals surface area contributed by atoms with Gasteiger partial charge in [-0.3, -0.25) is 29.4 Å². The Morgan fingerprint density at radius 2 is 1.91 bits per heavy atom. The molecule has 10 heteroatoms. The van der Waals surface area contributed by atoms with Crippen LogP contribution in [0, 0.1) is 28.9 Å². The summed E-state index contributed by atoms with van der Waals surface area (Å²) in [5, 5.41) is 14.7. The van der Waals surface area contributed by atoms with E-state index in [1.807, 2.05) is 4.90 Å². The number of imide groups is 1. The van der Waals surface area contributed by atoms with Gasteiger partial charge >= 0.3 is 0 Å². The largest absolute Gasteiger partial charge is 0.323 e. The number of carbonyl (C=O) groups excluding carboxylic acids is 3. The lowest BCUT2D eigenvalue weighted by Crippen LogP contribution is -2.54. The van der Waals surface area contributed by atoms with Crippen molar-refractivity contribution in [3.63, 3.8) is 0 Å². The van der Waals surface area contributed by atoms with E-state index in [0.29, 0.717) is 29.2 Å². The number of nitrogens with one attached hydrogen (secondary N) is 1. The zero-order valence-electron chi connectivity index (χ0n) is 17.6. The summed E-state index contributed by atoms with van der Waals surface area (Å²) in [6.45, 7) is 2.12. The number of fused-ring (bicyclic) bond motifs is 7. The first-order chi connectivity index (χ1) is 15.8. The Balaban J connectivity index is 1.56. The standard InChI is InChI=1S/C23H19ClN4O5/c1-11-14(7-3-8-15(11)28(32)33)27-20(29)17-16-9-4-10-26(16)23(18(17)21(27)30)12-5-2-6-13(24)19(12)25-22(23)31/h2-3,5-8,16-18H,4,9-10H2,1H3,(H,25,31)/t16-,17+,18+,23+/m0/s1.